The molecule has 2 rings (SSSR count). The molecule has 1 fully saturated rings. The summed E-state index contributed by atoms with van der Waals surface area (Å²) in [6.07, 6.45) is 2.53. The second kappa shape index (κ2) is 4.73. The van der Waals surface area contributed by atoms with Crippen LogP contribution in [0.1, 0.15) is 18.4 Å². The molecular weight excluding hydrogens is 190 g/mol. The van der Waals surface area contributed by atoms with Gasteiger partial charge in [0.2, 0.25) is 9.04 Å². The summed E-state index contributed by atoms with van der Waals surface area (Å²) in [5, 5.41) is 1.39. The second-order valence-corrected chi connectivity index (χ2v) is 5.76. The maximum atomic E-state index is 5.85. The Bertz CT molecular complexity index is 297. The lowest BCUT2D eigenvalue weighted by Gasteiger charge is -2.22. The minimum absolute atomic E-state index is 0.633. The summed E-state index contributed by atoms with van der Waals surface area (Å²) >= 11 is 0. The molecule has 1 aromatic carbocycles. The van der Waals surface area contributed by atoms with Crippen LogP contribution in [-0.4, -0.2) is 15.6 Å². The van der Waals surface area contributed by atoms with Crippen LogP contribution < -0.4 is 10.9 Å². The van der Waals surface area contributed by atoms with Crippen LogP contribution in [0.25, 0.3) is 0 Å². The van der Waals surface area contributed by atoms with Crippen molar-refractivity contribution in [3.8, 4) is 0 Å². The molecule has 0 saturated carbocycles. The molecule has 1 aromatic rings. The van der Waals surface area contributed by atoms with Gasteiger partial charge in [-0.15, -0.1) is 0 Å². The van der Waals surface area contributed by atoms with E-state index in [1.165, 1.54) is 29.6 Å². The van der Waals surface area contributed by atoms with Gasteiger partial charge in [-0.05, 0) is 23.2 Å². The Labute approximate surface area is 86.8 Å². The van der Waals surface area contributed by atoms with E-state index in [2.05, 4.69) is 24.3 Å². The lowest BCUT2D eigenvalue weighted by Crippen LogP contribution is -2.39. The minimum Gasteiger partial charge on any atom is -0.412 e. The molecule has 1 saturated heterocycles. The molecule has 2 N–H and O–H groups in total. The van der Waals surface area contributed by atoms with Crippen LogP contribution in [0.2, 0.25) is 6.04 Å². The Balaban J connectivity index is 2.20. The van der Waals surface area contributed by atoms with Crippen molar-refractivity contribution in [2.24, 2.45) is 5.73 Å². The van der Waals surface area contributed by atoms with Gasteiger partial charge in [-0.1, -0.05) is 30.7 Å². The van der Waals surface area contributed by atoms with Gasteiger partial charge < -0.3 is 10.2 Å². The van der Waals surface area contributed by atoms with Gasteiger partial charge in [0.15, 0.2) is 0 Å². The molecule has 0 aromatic heterocycles. The molecule has 14 heavy (non-hydrogen) atoms. The highest BCUT2D eigenvalue weighted by Crippen LogP contribution is 2.12. The number of hydrogen-bond donors (Lipinski definition) is 1. The zero-order chi connectivity index (χ0) is 9.80. The second-order valence-electron chi connectivity index (χ2n) is 3.59. The third-order valence-corrected chi connectivity index (χ3v) is 5.06. The first kappa shape index (κ1) is 9.89. The minimum atomic E-state index is -0.747. The molecule has 75 valence electrons. The maximum absolute atomic E-state index is 5.85. The molecule has 1 heterocycles. The zero-order valence-corrected chi connectivity index (χ0v) is 9.33. The predicted octanol–water partition coefficient (Wildman–Crippen LogP) is 1.15. The third kappa shape index (κ3) is 2.05. The van der Waals surface area contributed by atoms with Crippen molar-refractivity contribution >= 4 is 14.2 Å². The number of rotatable bonds is 2. The van der Waals surface area contributed by atoms with Crippen molar-refractivity contribution in [2.75, 3.05) is 6.61 Å². The molecule has 1 aliphatic heterocycles. The monoisotopic (exact) mass is 206 g/mol. The van der Waals surface area contributed by atoms with E-state index in [0.717, 1.165) is 6.61 Å². The molecule has 0 amide bonds. The molecule has 0 bridgehead atoms. The Hall–Kier alpha value is -0.643. The van der Waals surface area contributed by atoms with Gasteiger partial charge in [-0.2, -0.15) is 0 Å². The summed E-state index contributed by atoms with van der Waals surface area (Å²) < 4.78 is 5.85. The lowest BCUT2D eigenvalue weighted by molar-refractivity contribution is 0.294. The number of benzene rings is 1. The van der Waals surface area contributed by atoms with Crippen LogP contribution in [0.3, 0.4) is 0 Å². The smallest absolute Gasteiger partial charge is 0.247 e. The van der Waals surface area contributed by atoms with Gasteiger partial charge >= 0.3 is 0 Å². The summed E-state index contributed by atoms with van der Waals surface area (Å²) in [5.41, 5.74) is 6.98. The van der Waals surface area contributed by atoms with Gasteiger partial charge in [-0.25, -0.2) is 0 Å². The van der Waals surface area contributed by atoms with Crippen molar-refractivity contribution in [3.63, 3.8) is 0 Å². The van der Waals surface area contributed by atoms with Crippen molar-refractivity contribution in [1.29, 1.82) is 0 Å². The molecular formula is C11H16NOSi. The van der Waals surface area contributed by atoms with Crippen LogP contribution in [0.5, 0.6) is 0 Å². The first-order chi connectivity index (χ1) is 6.92. The summed E-state index contributed by atoms with van der Waals surface area (Å²) in [6, 6.07) is 9.68. The van der Waals surface area contributed by atoms with E-state index < -0.39 is 9.04 Å². The summed E-state index contributed by atoms with van der Waals surface area (Å²) in [4.78, 5) is 0. The van der Waals surface area contributed by atoms with Gasteiger partial charge in [-0.3, -0.25) is 0 Å². The highest BCUT2D eigenvalue weighted by molar-refractivity contribution is 6.68. The fourth-order valence-electron chi connectivity index (χ4n) is 1.84. The Morgan fingerprint density at radius 1 is 1.29 bits per heavy atom. The average molecular weight is 206 g/mol. The van der Waals surface area contributed by atoms with E-state index in [1.807, 2.05) is 0 Å². The molecule has 1 radical (unpaired) electrons. The third-order valence-electron chi connectivity index (χ3n) is 2.61. The van der Waals surface area contributed by atoms with Crippen LogP contribution in [0.15, 0.2) is 24.3 Å². The first-order valence-electron chi connectivity index (χ1n) is 5.19. The molecule has 3 heteroatoms. The van der Waals surface area contributed by atoms with E-state index >= 15 is 0 Å². The van der Waals surface area contributed by atoms with E-state index in [0.29, 0.717) is 6.54 Å². The largest absolute Gasteiger partial charge is 0.412 e. The van der Waals surface area contributed by atoms with E-state index in [1.54, 1.807) is 0 Å². The summed E-state index contributed by atoms with van der Waals surface area (Å²) in [6.45, 7) is 1.57. The molecule has 0 atom stereocenters. The van der Waals surface area contributed by atoms with Crippen LogP contribution in [0, 0.1) is 0 Å². The van der Waals surface area contributed by atoms with Gasteiger partial charge in [0.25, 0.3) is 0 Å². The predicted molar refractivity (Wildman–Crippen MR) is 59.7 cm³/mol. The standard InChI is InChI=1S/C11H16NOSi/c12-9-10-5-1-2-6-11(10)14-8-4-3-7-13-14/h1-2,5-6H,3-4,7-9,12H2. The SMILES string of the molecule is NCc1ccccc1[Si]1CCCCO1. The highest BCUT2D eigenvalue weighted by atomic mass is 28.3. The van der Waals surface area contributed by atoms with Gasteiger partial charge in [0.1, 0.15) is 0 Å². The lowest BCUT2D eigenvalue weighted by atomic mass is 10.2. The molecule has 0 aliphatic carbocycles. The first-order valence-corrected chi connectivity index (χ1v) is 6.80. The van der Waals surface area contributed by atoms with Crippen molar-refractivity contribution in [1.82, 2.24) is 0 Å². The fourth-order valence-corrected chi connectivity index (χ4v) is 4.19. The van der Waals surface area contributed by atoms with Crippen LogP contribution in [0.4, 0.5) is 0 Å². The zero-order valence-electron chi connectivity index (χ0n) is 8.33. The van der Waals surface area contributed by atoms with E-state index in [4.69, 9.17) is 10.2 Å². The van der Waals surface area contributed by atoms with Crippen molar-refractivity contribution in [3.05, 3.63) is 29.8 Å². The normalized spacial score (nSPS) is 18.4. The Morgan fingerprint density at radius 3 is 2.86 bits per heavy atom. The summed E-state index contributed by atoms with van der Waals surface area (Å²) in [7, 11) is -0.747. The average Bonchev–Trinajstić information content (AvgIpc) is 2.30. The Morgan fingerprint density at radius 2 is 2.14 bits per heavy atom. The molecule has 1 aliphatic rings. The number of nitrogens with two attached hydrogens (primary N) is 1. The van der Waals surface area contributed by atoms with Crippen LogP contribution >= 0.6 is 0 Å². The number of hydrogen-bond acceptors (Lipinski definition) is 2. The molecule has 0 unspecified atom stereocenters. The van der Waals surface area contributed by atoms with Crippen LogP contribution in [-0.2, 0) is 11.0 Å². The van der Waals surface area contributed by atoms with E-state index in [-0.39, 0.29) is 0 Å². The van der Waals surface area contributed by atoms with E-state index in [9.17, 15) is 0 Å². The highest BCUT2D eigenvalue weighted by Gasteiger charge is 2.21. The van der Waals surface area contributed by atoms with Gasteiger partial charge in [0.05, 0.1) is 0 Å². The quantitative estimate of drug-likeness (QED) is 0.737. The summed E-state index contributed by atoms with van der Waals surface area (Å²) in [5.74, 6) is 0. The molecule has 0 spiro atoms. The molecule has 2 nitrogen and oxygen atoms in total. The van der Waals surface area contributed by atoms with Crippen molar-refractivity contribution < 1.29 is 4.43 Å². The van der Waals surface area contributed by atoms with Gasteiger partial charge in [0, 0.05) is 13.2 Å². The fraction of sp³-hybridized carbons (Fsp3) is 0.455. The topological polar surface area (TPSA) is 35.2 Å². The van der Waals surface area contributed by atoms with Crippen molar-refractivity contribution in [2.45, 2.75) is 25.4 Å². The maximum Gasteiger partial charge on any atom is 0.247 e. The Kier molecular flexibility index (Phi) is 3.34.